The van der Waals surface area contributed by atoms with Gasteiger partial charge in [-0.25, -0.2) is 14.2 Å². The molecule has 0 saturated heterocycles. The third-order valence-electron chi connectivity index (χ3n) is 2.36. The van der Waals surface area contributed by atoms with Gasteiger partial charge in [-0.1, -0.05) is 12.1 Å². The van der Waals surface area contributed by atoms with E-state index in [1.165, 1.54) is 30.3 Å². The number of nitrogens with zero attached hydrogens (tertiary/aromatic N) is 1. The van der Waals surface area contributed by atoms with E-state index in [1.807, 2.05) is 0 Å². The van der Waals surface area contributed by atoms with Crippen LogP contribution < -0.4 is 0 Å². The van der Waals surface area contributed by atoms with Gasteiger partial charge in [0.05, 0.1) is 22.2 Å². The Balaban J connectivity index is 2.19. The van der Waals surface area contributed by atoms with Gasteiger partial charge in [0, 0.05) is 4.90 Å². The molecule has 1 atom stereocenters. The lowest BCUT2D eigenvalue weighted by Crippen LogP contribution is -2.05. The molecule has 0 aliphatic carbocycles. The first-order chi connectivity index (χ1) is 9.06. The fourth-order valence-corrected chi connectivity index (χ4v) is 2.58. The third-order valence-corrected chi connectivity index (χ3v) is 3.70. The van der Waals surface area contributed by atoms with Crippen LogP contribution in [0.3, 0.4) is 0 Å². The quantitative estimate of drug-likeness (QED) is 0.932. The van der Waals surface area contributed by atoms with E-state index in [2.05, 4.69) is 4.98 Å². The van der Waals surface area contributed by atoms with Gasteiger partial charge in [0.25, 0.3) is 0 Å². The smallest absolute Gasteiger partial charge is 0.354 e. The predicted octanol–water partition coefficient (Wildman–Crippen LogP) is 2.23. The minimum atomic E-state index is -1.46. The lowest BCUT2D eigenvalue weighted by molar-refractivity contribution is 0.0690. The van der Waals surface area contributed by atoms with Crippen molar-refractivity contribution in [2.75, 3.05) is 0 Å². The topological polar surface area (TPSA) is 67.3 Å². The predicted molar refractivity (Wildman–Crippen MR) is 67.7 cm³/mol. The molecule has 0 spiro atoms. The number of carboxylic acids is 1. The van der Waals surface area contributed by atoms with Crippen LogP contribution in [0.1, 0.15) is 16.2 Å². The lowest BCUT2D eigenvalue weighted by atomic mass is 10.3. The molecule has 0 radical (unpaired) electrons. The Hall–Kier alpha value is -2.08. The molecule has 2 rings (SSSR count). The highest BCUT2D eigenvalue weighted by Crippen LogP contribution is 2.13. The van der Waals surface area contributed by atoms with Crippen molar-refractivity contribution < 1.29 is 18.5 Å². The summed E-state index contributed by atoms with van der Waals surface area (Å²) in [6.07, 6.45) is 0. The van der Waals surface area contributed by atoms with Crippen molar-refractivity contribution in [3.8, 4) is 0 Å². The highest BCUT2D eigenvalue weighted by molar-refractivity contribution is 7.84. The van der Waals surface area contributed by atoms with E-state index in [1.54, 1.807) is 12.1 Å². The van der Waals surface area contributed by atoms with Gasteiger partial charge in [0.1, 0.15) is 11.5 Å². The van der Waals surface area contributed by atoms with Crippen molar-refractivity contribution in [3.05, 3.63) is 59.7 Å². The summed E-state index contributed by atoms with van der Waals surface area (Å²) in [4.78, 5) is 15.0. The first-order valence-electron chi connectivity index (χ1n) is 5.39. The second-order valence-electron chi connectivity index (χ2n) is 3.77. The number of pyridine rings is 1. The third kappa shape index (κ3) is 3.45. The molecule has 0 saturated carbocycles. The Morgan fingerprint density at radius 2 is 2.00 bits per heavy atom. The minimum Gasteiger partial charge on any atom is -0.477 e. The maximum atomic E-state index is 13.0. The molecule has 98 valence electrons. The molecule has 0 amide bonds. The Morgan fingerprint density at radius 3 is 2.68 bits per heavy atom. The maximum Gasteiger partial charge on any atom is 0.354 e. The van der Waals surface area contributed by atoms with E-state index in [0.717, 1.165) is 0 Å². The van der Waals surface area contributed by atoms with Crippen molar-refractivity contribution in [2.45, 2.75) is 10.6 Å². The number of halogens is 1. The summed E-state index contributed by atoms with van der Waals surface area (Å²) >= 11 is 0. The molecule has 1 N–H and O–H groups in total. The summed E-state index contributed by atoms with van der Waals surface area (Å²) in [5.41, 5.74) is 0.288. The van der Waals surface area contributed by atoms with Crippen molar-refractivity contribution >= 4 is 16.8 Å². The molecular weight excluding hydrogens is 269 g/mol. The Kier molecular flexibility index (Phi) is 4.01. The molecule has 4 nitrogen and oxygen atoms in total. The molecule has 6 heteroatoms. The van der Waals surface area contributed by atoms with Gasteiger partial charge in [-0.3, -0.25) is 4.21 Å². The van der Waals surface area contributed by atoms with Crippen LogP contribution in [0.4, 0.5) is 4.39 Å². The van der Waals surface area contributed by atoms with E-state index in [9.17, 15) is 13.4 Å². The highest BCUT2D eigenvalue weighted by Gasteiger charge is 2.10. The Morgan fingerprint density at radius 1 is 1.26 bits per heavy atom. The molecule has 2 aromatic rings. The average Bonchev–Trinajstić information content (AvgIpc) is 2.39. The van der Waals surface area contributed by atoms with Crippen LogP contribution in [0.5, 0.6) is 0 Å². The monoisotopic (exact) mass is 279 g/mol. The number of carbonyl (C=O) groups is 1. The normalized spacial score (nSPS) is 12.1. The summed E-state index contributed by atoms with van der Waals surface area (Å²) < 4.78 is 25.0. The van der Waals surface area contributed by atoms with Gasteiger partial charge in [0.15, 0.2) is 0 Å². The SMILES string of the molecule is O=C(O)c1cccc(CS(=O)c2cccc(F)c2)n1. The number of benzene rings is 1. The Bertz CT molecular complexity index is 645. The molecule has 0 aliphatic rings. The zero-order valence-electron chi connectivity index (χ0n) is 9.75. The number of hydrogen-bond acceptors (Lipinski definition) is 3. The minimum absolute atomic E-state index is 0.0462. The van der Waals surface area contributed by atoms with E-state index < -0.39 is 22.6 Å². The zero-order valence-corrected chi connectivity index (χ0v) is 10.6. The molecule has 0 bridgehead atoms. The number of carboxylic acid groups (broad SMARTS) is 1. The van der Waals surface area contributed by atoms with Crippen LogP contribution in [-0.2, 0) is 16.6 Å². The second-order valence-corrected chi connectivity index (χ2v) is 5.22. The molecule has 1 heterocycles. The summed E-state index contributed by atoms with van der Waals surface area (Å²) in [7, 11) is -1.46. The van der Waals surface area contributed by atoms with Gasteiger partial charge < -0.3 is 5.11 Å². The molecule has 0 aliphatic heterocycles. The van der Waals surface area contributed by atoms with E-state index >= 15 is 0 Å². The van der Waals surface area contributed by atoms with Crippen LogP contribution in [0.25, 0.3) is 0 Å². The van der Waals surface area contributed by atoms with Gasteiger partial charge in [-0.2, -0.15) is 0 Å². The Labute approximate surface area is 111 Å². The zero-order chi connectivity index (χ0) is 13.8. The summed E-state index contributed by atoms with van der Waals surface area (Å²) in [5.74, 6) is -1.55. The number of hydrogen-bond donors (Lipinski definition) is 1. The lowest BCUT2D eigenvalue weighted by Gasteiger charge is -2.03. The summed E-state index contributed by atoms with van der Waals surface area (Å²) in [5, 5.41) is 8.81. The first-order valence-corrected chi connectivity index (χ1v) is 6.71. The second kappa shape index (κ2) is 5.71. The molecule has 0 fully saturated rings. The first kappa shape index (κ1) is 13.4. The van der Waals surface area contributed by atoms with E-state index in [-0.39, 0.29) is 11.4 Å². The number of aromatic nitrogens is 1. The van der Waals surface area contributed by atoms with Crippen molar-refractivity contribution in [1.82, 2.24) is 4.98 Å². The standard InChI is InChI=1S/C13H10FNO3S/c14-9-3-1-5-11(7-9)19(18)8-10-4-2-6-12(15-10)13(16)17/h1-7H,8H2,(H,16,17). The summed E-state index contributed by atoms with van der Waals surface area (Å²) in [6.45, 7) is 0. The molecular formula is C13H10FNO3S. The van der Waals surface area contributed by atoms with Gasteiger partial charge in [-0.15, -0.1) is 0 Å². The highest BCUT2D eigenvalue weighted by atomic mass is 32.2. The van der Waals surface area contributed by atoms with Crippen LogP contribution in [0.2, 0.25) is 0 Å². The van der Waals surface area contributed by atoms with Crippen LogP contribution in [0.15, 0.2) is 47.4 Å². The fraction of sp³-hybridized carbons (Fsp3) is 0.0769. The van der Waals surface area contributed by atoms with Crippen LogP contribution >= 0.6 is 0 Å². The largest absolute Gasteiger partial charge is 0.477 e. The number of rotatable bonds is 4. The number of aromatic carboxylic acids is 1. The summed E-state index contributed by atoms with van der Waals surface area (Å²) in [6, 6.07) is 9.97. The van der Waals surface area contributed by atoms with Crippen molar-refractivity contribution in [2.24, 2.45) is 0 Å². The van der Waals surface area contributed by atoms with E-state index in [0.29, 0.717) is 10.6 Å². The van der Waals surface area contributed by atoms with Crippen molar-refractivity contribution in [1.29, 1.82) is 0 Å². The maximum absolute atomic E-state index is 13.0. The van der Waals surface area contributed by atoms with Crippen LogP contribution in [-0.4, -0.2) is 20.3 Å². The van der Waals surface area contributed by atoms with Gasteiger partial charge >= 0.3 is 5.97 Å². The molecule has 1 unspecified atom stereocenters. The fourth-order valence-electron chi connectivity index (χ4n) is 1.51. The molecule has 1 aromatic carbocycles. The molecule has 19 heavy (non-hydrogen) atoms. The molecule has 1 aromatic heterocycles. The average molecular weight is 279 g/mol. The van der Waals surface area contributed by atoms with Crippen molar-refractivity contribution in [3.63, 3.8) is 0 Å². The van der Waals surface area contributed by atoms with Crippen LogP contribution in [0, 0.1) is 5.82 Å². The van der Waals surface area contributed by atoms with Gasteiger partial charge in [0.2, 0.25) is 0 Å². The van der Waals surface area contributed by atoms with Gasteiger partial charge in [-0.05, 0) is 30.3 Å². The van der Waals surface area contributed by atoms with E-state index in [4.69, 9.17) is 5.11 Å².